The van der Waals surface area contributed by atoms with E-state index in [1.165, 1.54) is 49.9 Å². The molecule has 2 aromatic rings. The Balaban J connectivity index is 0.00000364. The molecule has 0 bridgehead atoms. The number of benzene rings is 2. The van der Waals surface area contributed by atoms with E-state index >= 15 is 0 Å². The largest absolute Gasteiger partial charge is 1.00 e. The number of hydrogen-bond acceptors (Lipinski definition) is 4. The van der Waals surface area contributed by atoms with E-state index in [1.807, 2.05) is 0 Å². The summed E-state index contributed by atoms with van der Waals surface area (Å²) >= 11 is 0. The van der Waals surface area contributed by atoms with Gasteiger partial charge in [0.25, 0.3) is 10.1 Å². The first-order chi connectivity index (χ1) is 12.4. The Labute approximate surface area is 204 Å². The first kappa shape index (κ1) is 24.6. The second-order valence-corrected chi connectivity index (χ2v) is 7.68. The Bertz CT molecular complexity index is 821. The van der Waals surface area contributed by atoms with Gasteiger partial charge in [-0.3, -0.25) is 4.55 Å². The van der Waals surface area contributed by atoms with Crippen LogP contribution in [0.15, 0.2) is 47.4 Å². The van der Waals surface area contributed by atoms with Crippen molar-refractivity contribution in [2.24, 2.45) is 0 Å². The van der Waals surface area contributed by atoms with E-state index in [0.717, 1.165) is 12.8 Å². The van der Waals surface area contributed by atoms with Crippen molar-refractivity contribution in [3.63, 3.8) is 0 Å². The number of unbranched alkanes of at least 4 members (excludes halogenated alkanes) is 5. The van der Waals surface area contributed by atoms with E-state index in [4.69, 9.17) is 4.74 Å². The van der Waals surface area contributed by atoms with Crippen molar-refractivity contribution in [3.8, 4) is 17.2 Å². The standard InChI is InChI=1S/C20H26O5S.K/c1-2-3-4-5-6-7-11-16-12-10-14-18(20(16)21)25-17-13-8-9-15-19(17)26(22,23)24;/h8-10,12-15,21H,2-7,11H2,1H3,(H,22,23,24);/q;+1/p-1. The van der Waals surface area contributed by atoms with Crippen molar-refractivity contribution in [2.45, 2.75) is 56.8 Å². The molecule has 2 rings (SSSR count). The second-order valence-electron chi connectivity index (χ2n) is 6.29. The maximum absolute atomic E-state index is 12.6. The average Bonchev–Trinajstić information content (AvgIpc) is 2.60. The molecule has 0 atom stereocenters. The third-order valence-electron chi connectivity index (χ3n) is 4.21. The fourth-order valence-electron chi connectivity index (χ4n) is 2.80. The molecule has 27 heavy (non-hydrogen) atoms. The summed E-state index contributed by atoms with van der Waals surface area (Å²) < 4.78 is 37.7. The quantitative estimate of drug-likeness (QED) is 0.362. The normalized spacial score (nSPS) is 11.0. The Morgan fingerprint density at radius 1 is 0.926 bits per heavy atom. The van der Waals surface area contributed by atoms with Gasteiger partial charge in [0.05, 0.1) is 0 Å². The maximum atomic E-state index is 12.6. The molecular weight excluding hydrogens is 391 g/mol. The summed E-state index contributed by atoms with van der Waals surface area (Å²) in [6.45, 7) is 2.18. The fraction of sp³-hybridized carbons (Fsp3) is 0.400. The topological polar surface area (TPSA) is 86.7 Å². The van der Waals surface area contributed by atoms with Crippen LogP contribution in [0, 0.1) is 0 Å². The molecule has 2 aromatic carbocycles. The Morgan fingerprint density at radius 2 is 1.56 bits per heavy atom. The molecule has 7 heteroatoms. The third kappa shape index (κ3) is 7.85. The zero-order valence-corrected chi connectivity index (χ0v) is 19.9. The SMILES string of the molecule is CCCCCCCCc1cccc(Oc2ccccc2S(=O)(=O)O)c1[O-].[K+]. The van der Waals surface area contributed by atoms with Gasteiger partial charge in [0.15, 0.2) is 0 Å². The molecule has 142 valence electrons. The van der Waals surface area contributed by atoms with Gasteiger partial charge in [-0.25, -0.2) is 0 Å². The Morgan fingerprint density at radius 3 is 2.26 bits per heavy atom. The summed E-state index contributed by atoms with van der Waals surface area (Å²) in [5.41, 5.74) is 0.655. The van der Waals surface area contributed by atoms with Crippen LogP contribution in [0.3, 0.4) is 0 Å². The summed E-state index contributed by atoms with van der Waals surface area (Å²) in [4.78, 5) is -0.360. The van der Waals surface area contributed by atoms with Crippen LogP contribution in [-0.4, -0.2) is 13.0 Å². The molecule has 0 spiro atoms. The minimum atomic E-state index is -4.43. The number of para-hydroxylation sites is 2. The molecule has 0 fully saturated rings. The van der Waals surface area contributed by atoms with E-state index in [9.17, 15) is 18.1 Å². The van der Waals surface area contributed by atoms with Crippen molar-refractivity contribution >= 4 is 10.1 Å². The molecule has 0 radical (unpaired) electrons. The molecule has 1 N–H and O–H groups in total. The molecule has 0 amide bonds. The van der Waals surface area contributed by atoms with E-state index in [1.54, 1.807) is 18.2 Å². The van der Waals surface area contributed by atoms with Crippen molar-refractivity contribution in [1.82, 2.24) is 0 Å². The average molecular weight is 417 g/mol. The van der Waals surface area contributed by atoms with E-state index in [0.29, 0.717) is 12.0 Å². The third-order valence-corrected chi connectivity index (χ3v) is 5.10. The molecule has 0 saturated heterocycles. The minimum Gasteiger partial charge on any atom is -0.870 e. The smallest absolute Gasteiger partial charge is 0.870 e. The predicted molar refractivity (Wildman–Crippen MR) is 99.3 cm³/mol. The molecule has 0 aliphatic heterocycles. The van der Waals surface area contributed by atoms with Gasteiger partial charge in [-0.15, -0.1) is 0 Å². The van der Waals surface area contributed by atoms with Gasteiger partial charge < -0.3 is 9.84 Å². The summed E-state index contributed by atoms with van der Waals surface area (Å²) in [5, 5.41) is 12.6. The van der Waals surface area contributed by atoms with Crippen LogP contribution in [0.25, 0.3) is 0 Å². The van der Waals surface area contributed by atoms with Gasteiger partial charge in [0.1, 0.15) is 16.4 Å². The molecule has 0 unspecified atom stereocenters. The fourth-order valence-corrected chi connectivity index (χ4v) is 3.41. The van der Waals surface area contributed by atoms with Gasteiger partial charge >= 0.3 is 51.4 Å². The van der Waals surface area contributed by atoms with Gasteiger partial charge in [0.2, 0.25) is 0 Å². The van der Waals surface area contributed by atoms with Crippen molar-refractivity contribution < 1.29 is 74.2 Å². The van der Waals surface area contributed by atoms with E-state index in [-0.39, 0.29) is 73.5 Å². The molecule has 0 saturated carbocycles. The van der Waals surface area contributed by atoms with Gasteiger partial charge in [-0.05, 0) is 31.0 Å². The van der Waals surface area contributed by atoms with Crippen LogP contribution in [0.4, 0.5) is 0 Å². The van der Waals surface area contributed by atoms with Gasteiger partial charge in [-0.1, -0.05) is 74.6 Å². The van der Waals surface area contributed by atoms with Gasteiger partial charge in [-0.2, -0.15) is 8.42 Å². The first-order valence-electron chi connectivity index (χ1n) is 8.96. The molecule has 0 aliphatic rings. The second kappa shape index (κ2) is 12.2. The Kier molecular flexibility index (Phi) is 11.1. The zero-order valence-electron chi connectivity index (χ0n) is 16.0. The van der Waals surface area contributed by atoms with Crippen LogP contribution in [-0.2, 0) is 16.5 Å². The number of rotatable bonds is 10. The van der Waals surface area contributed by atoms with Crippen LogP contribution in [0.1, 0.15) is 51.0 Å². The number of hydrogen-bond donors (Lipinski definition) is 1. The minimum absolute atomic E-state index is 0. The zero-order chi connectivity index (χ0) is 19.0. The molecular formula is C20H25KO5S. The molecule has 0 aliphatic carbocycles. The molecule has 0 heterocycles. The van der Waals surface area contributed by atoms with Crippen LogP contribution in [0.5, 0.6) is 17.2 Å². The summed E-state index contributed by atoms with van der Waals surface area (Å²) in [6, 6.07) is 10.7. The molecule has 0 aromatic heterocycles. The first-order valence-corrected chi connectivity index (χ1v) is 10.4. The Hall–Kier alpha value is -0.414. The van der Waals surface area contributed by atoms with Gasteiger partial charge in [0, 0.05) is 0 Å². The summed E-state index contributed by atoms with van der Waals surface area (Å²) in [7, 11) is -4.43. The van der Waals surface area contributed by atoms with Crippen LogP contribution >= 0.6 is 0 Å². The van der Waals surface area contributed by atoms with E-state index < -0.39 is 10.1 Å². The van der Waals surface area contributed by atoms with E-state index in [2.05, 4.69) is 6.92 Å². The predicted octanol–water partition coefficient (Wildman–Crippen LogP) is 1.71. The number of ether oxygens (including phenoxy) is 1. The van der Waals surface area contributed by atoms with Crippen molar-refractivity contribution in [3.05, 3.63) is 48.0 Å². The summed E-state index contributed by atoms with van der Waals surface area (Å²) in [6.07, 6.45) is 7.51. The monoisotopic (exact) mass is 416 g/mol. The molecule has 5 nitrogen and oxygen atoms in total. The van der Waals surface area contributed by atoms with Crippen LogP contribution < -0.4 is 61.2 Å². The van der Waals surface area contributed by atoms with Crippen molar-refractivity contribution in [1.29, 1.82) is 0 Å². The van der Waals surface area contributed by atoms with Crippen molar-refractivity contribution in [2.75, 3.05) is 0 Å². The van der Waals surface area contributed by atoms with Crippen LogP contribution in [0.2, 0.25) is 0 Å². The maximum Gasteiger partial charge on any atom is 1.00 e. The number of aryl methyl sites for hydroxylation is 1. The summed E-state index contributed by atoms with van der Waals surface area (Å²) in [5.74, 6) is -0.250.